The van der Waals surface area contributed by atoms with Gasteiger partial charge in [-0.1, -0.05) is 48.5 Å². The van der Waals surface area contributed by atoms with Crippen molar-refractivity contribution in [1.82, 2.24) is 19.4 Å². The number of rotatable bonds is 8. The first-order chi connectivity index (χ1) is 21.4. The van der Waals surface area contributed by atoms with Crippen LogP contribution in [0.15, 0.2) is 70.4 Å². The van der Waals surface area contributed by atoms with E-state index in [4.69, 9.17) is 9.47 Å². The van der Waals surface area contributed by atoms with Gasteiger partial charge in [0.2, 0.25) is 5.75 Å². The Balaban J connectivity index is 1.46. The second-order valence-electron chi connectivity index (χ2n) is 12.1. The summed E-state index contributed by atoms with van der Waals surface area (Å²) in [6.07, 6.45) is 0.512. The van der Waals surface area contributed by atoms with Gasteiger partial charge < -0.3 is 18.9 Å². The predicted octanol–water partition coefficient (Wildman–Crippen LogP) is 3.60. The number of carbonyl (C=O) groups excluding carboxylic acids is 3. The minimum absolute atomic E-state index is 0.0649. The molecule has 1 atom stereocenters. The first-order valence-corrected chi connectivity index (χ1v) is 16.4. The Bertz CT molecular complexity index is 1750. The Labute approximate surface area is 261 Å². The first kappa shape index (κ1) is 31.9. The summed E-state index contributed by atoms with van der Waals surface area (Å²) in [5.41, 5.74) is -1.30. The smallest absolute Gasteiger partial charge is 0.410 e. The fourth-order valence-electron chi connectivity index (χ4n) is 5.30. The largest absolute Gasteiger partial charge is 0.445 e. The second-order valence-corrected chi connectivity index (χ2v) is 14.2. The van der Waals surface area contributed by atoms with E-state index in [1.54, 1.807) is 39.0 Å². The number of ether oxygens (including phenoxy) is 2. The van der Waals surface area contributed by atoms with E-state index in [1.807, 2.05) is 30.3 Å². The number of benzene rings is 2. The van der Waals surface area contributed by atoms with Gasteiger partial charge in [-0.25, -0.2) is 13.2 Å². The normalized spacial score (nSPS) is 16.8. The van der Waals surface area contributed by atoms with Gasteiger partial charge in [0.25, 0.3) is 5.91 Å². The minimum atomic E-state index is -3.70. The quantitative estimate of drug-likeness (QED) is 0.339. The predicted molar refractivity (Wildman–Crippen MR) is 163 cm³/mol. The van der Waals surface area contributed by atoms with Gasteiger partial charge in [-0.2, -0.15) is 4.98 Å². The highest BCUT2D eigenvalue weighted by atomic mass is 32.2. The average Bonchev–Trinajstić information content (AvgIpc) is 3.51. The molecule has 3 heterocycles. The molecule has 2 aliphatic heterocycles. The molecule has 0 saturated carbocycles. The number of hydrogen-bond acceptors (Lipinski definition) is 9. The number of carbonyl (C=O) groups is 3. The highest BCUT2D eigenvalue weighted by Crippen LogP contribution is 2.34. The van der Waals surface area contributed by atoms with Crippen molar-refractivity contribution in [2.45, 2.75) is 57.7 Å². The van der Waals surface area contributed by atoms with Crippen molar-refractivity contribution >= 4 is 27.8 Å². The van der Waals surface area contributed by atoms with Crippen LogP contribution < -0.4 is 10.3 Å². The number of sulfone groups is 1. The number of esters is 1. The van der Waals surface area contributed by atoms with E-state index in [-0.39, 0.29) is 48.4 Å². The van der Waals surface area contributed by atoms with Gasteiger partial charge >= 0.3 is 17.6 Å². The fraction of sp³-hybridized carbons (Fsp3) is 0.406. The molecule has 0 aliphatic carbocycles. The van der Waals surface area contributed by atoms with Gasteiger partial charge in [0.15, 0.2) is 15.5 Å². The molecule has 238 valence electrons. The highest BCUT2D eigenvalue weighted by molar-refractivity contribution is 7.91. The zero-order valence-corrected chi connectivity index (χ0v) is 26.3. The number of fused-ring (bicyclic) bond motifs is 1. The third-order valence-electron chi connectivity index (χ3n) is 7.79. The summed E-state index contributed by atoms with van der Waals surface area (Å²) in [6, 6.07) is 16.5. The summed E-state index contributed by atoms with van der Waals surface area (Å²) in [4.78, 5) is 60.7. The summed E-state index contributed by atoms with van der Waals surface area (Å²) in [5.74, 6) is -2.08. The van der Waals surface area contributed by atoms with Gasteiger partial charge in [0.1, 0.15) is 12.4 Å². The number of aromatic nitrogens is 2. The molecule has 0 N–H and O–H groups in total. The maximum Gasteiger partial charge on any atom is 0.410 e. The van der Waals surface area contributed by atoms with Crippen molar-refractivity contribution in [3.05, 3.63) is 88.1 Å². The van der Waals surface area contributed by atoms with Crippen molar-refractivity contribution in [3.8, 4) is 5.75 Å². The highest BCUT2D eigenvalue weighted by Gasteiger charge is 2.40. The van der Waals surface area contributed by atoms with Crippen LogP contribution in [-0.4, -0.2) is 71.1 Å². The lowest BCUT2D eigenvalue weighted by Gasteiger charge is -2.34. The lowest BCUT2D eigenvalue weighted by molar-refractivity contribution is -0.143. The number of hydrogen-bond donors (Lipinski definition) is 0. The molecule has 2 aromatic carbocycles. The minimum Gasteiger partial charge on any atom is -0.445 e. The molecule has 0 unspecified atom stereocenters. The molecular weight excluding hydrogens is 600 g/mol. The Kier molecular flexibility index (Phi) is 9.10. The van der Waals surface area contributed by atoms with E-state index in [9.17, 15) is 27.6 Å². The van der Waals surface area contributed by atoms with Crippen molar-refractivity contribution in [3.63, 3.8) is 0 Å². The van der Waals surface area contributed by atoms with Crippen LogP contribution >= 0.6 is 0 Å². The summed E-state index contributed by atoms with van der Waals surface area (Å²) in [5, 5.41) is 0. The van der Waals surface area contributed by atoms with Crippen LogP contribution in [0.1, 0.15) is 61.5 Å². The molecule has 12 nitrogen and oxygen atoms in total. The lowest BCUT2D eigenvalue weighted by Crippen LogP contribution is -2.47. The maximum atomic E-state index is 14.0. The number of amides is 2. The van der Waals surface area contributed by atoms with Crippen LogP contribution in [-0.2, 0) is 32.5 Å². The molecule has 0 spiro atoms. The van der Waals surface area contributed by atoms with E-state index < -0.39 is 50.6 Å². The first-order valence-electron chi connectivity index (χ1n) is 14.8. The third-order valence-corrected chi connectivity index (χ3v) is 9.50. The zero-order valence-electron chi connectivity index (χ0n) is 25.5. The van der Waals surface area contributed by atoms with Crippen LogP contribution in [0.5, 0.6) is 5.75 Å². The Morgan fingerprint density at radius 1 is 0.956 bits per heavy atom. The van der Waals surface area contributed by atoms with E-state index in [0.717, 1.165) is 5.56 Å². The Morgan fingerprint density at radius 2 is 1.62 bits per heavy atom. The molecule has 0 radical (unpaired) electrons. The molecule has 5 rings (SSSR count). The number of nitrogens with zero attached hydrogens (tertiary/aromatic N) is 4. The average molecular weight is 637 g/mol. The van der Waals surface area contributed by atoms with E-state index in [0.29, 0.717) is 19.4 Å². The number of likely N-dealkylation sites (tertiary alicyclic amines) is 1. The third kappa shape index (κ3) is 6.93. The summed E-state index contributed by atoms with van der Waals surface area (Å²) < 4.78 is 38.5. The van der Waals surface area contributed by atoms with Crippen LogP contribution in [0.4, 0.5) is 4.79 Å². The molecule has 0 bridgehead atoms. The molecule has 1 fully saturated rings. The van der Waals surface area contributed by atoms with Gasteiger partial charge in [-0.15, -0.1) is 0 Å². The SMILES string of the molecule is CC(C)(C)C(=O)Oc1c2n(c([C@@H]3CCCN3C(=O)OCc3ccccc3)nc1=O)CCN(CCS(=O)(=O)c1ccccc1)C2=O. The zero-order chi connectivity index (χ0) is 32.4. The van der Waals surface area contributed by atoms with Crippen LogP contribution in [0, 0.1) is 5.41 Å². The summed E-state index contributed by atoms with van der Waals surface area (Å²) >= 11 is 0. The van der Waals surface area contributed by atoms with Gasteiger partial charge in [-0.05, 0) is 51.3 Å². The van der Waals surface area contributed by atoms with Crippen molar-refractivity contribution < 1.29 is 32.3 Å². The molecule has 3 aromatic rings. The Morgan fingerprint density at radius 3 is 2.29 bits per heavy atom. The lowest BCUT2D eigenvalue weighted by atomic mass is 9.97. The molecule has 1 aromatic heterocycles. The van der Waals surface area contributed by atoms with Crippen LogP contribution in [0.2, 0.25) is 0 Å². The second kappa shape index (κ2) is 12.8. The molecule has 2 aliphatic rings. The van der Waals surface area contributed by atoms with Gasteiger partial charge in [0.05, 0.1) is 22.1 Å². The molecule has 45 heavy (non-hydrogen) atoms. The van der Waals surface area contributed by atoms with Gasteiger partial charge in [0, 0.05) is 26.2 Å². The van der Waals surface area contributed by atoms with Gasteiger partial charge in [-0.3, -0.25) is 19.3 Å². The summed E-state index contributed by atoms with van der Waals surface area (Å²) in [7, 11) is -3.70. The molecular formula is C32H36N4O8S. The van der Waals surface area contributed by atoms with Crippen molar-refractivity contribution in [2.24, 2.45) is 5.41 Å². The van der Waals surface area contributed by atoms with Crippen LogP contribution in [0.25, 0.3) is 0 Å². The van der Waals surface area contributed by atoms with Crippen molar-refractivity contribution in [2.75, 3.05) is 25.4 Å². The molecule has 13 heteroatoms. The molecule has 1 saturated heterocycles. The maximum absolute atomic E-state index is 14.0. The monoisotopic (exact) mass is 636 g/mol. The van der Waals surface area contributed by atoms with E-state index in [1.165, 1.54) is 26.5 Å². The Hall–Kier alpha value is -4.52. The van der Waals surface area contributed by atoms with Crippen LogP contribution in [0.3, 0.4) is 0 Å². The van der Waals surface area contributed by atoms with E-state index >= 15 is 0 Å². The van der Waals surface area contributed by atoms with Crippen molar-refractivity contribution in [1.29, 1.82) is 0 Å². The standard InChI is InChI=1S/C32H36N4O8S/c1-32(2,3)30(39)44-26-25-29(38)34(19-20-45(41,42)23-13-8-5-9-14-23)17-18-36(25)27(33-28(26)37)24-15-10-16-35(24)31(40)43-21-22-11-6-4-7-12-22/h4-9,11-14,24H,10,15-21H2,1-3H3/t24-/m0/s1. The molecule has 2 amide bonds. The topological polar surface area (TPSA) is 145 Å². The summed E-state index contributed by atoms with van der Waals surface area (Å²) in [6.45, 7) is 5.38. The van der Waals surface area contributed by atoms with E-state index in [2.05, 4.69) is 4.98 Å². The fourth-order valence-corrected chi connectivity index (χ4v) is 6.57.